The van der Waals surface area contributed by atoms with E-state index < -0.39 is 4.92 Å². The largest absolute Gasteiger partial charge is 0.351 e. The number of thioether (sulfide) groups is 1. The van der Waals surface area contributed by atoms with E-state index in [4.69, 9.17) is 5.73 Å². The van der Waals surface area contributed by atoms with Gasteiger partial charge in [0.2, 0.25) is 5.91 Å². The summed E-state index contributed by atoms with van der Waals surface area (Å²) in [6, 6.07) is 6.07. The van der Waals surface area contributed by atoms with Crippen LogP contribution in [0.2, 0.25) is 0 Å². The fourth-order valence-corrected chi connectivity index (χ4v) is 2.20. The minimum absolute atomic E-state index is 0.0400. The van der Waals surface area contributed by atoms with Crippen molar-refractivity contribution >= 4 is 23.4 Å². The van der Waals surface area contributed by atoms with Gasteiger partial charge < -0.3 is 11.1 Å². The first-order valence-corrected chi connectivity index (χ1v) is 6.73. The molecule has 19 heavy (non-hydrogen) atoms. The molecule has 0 bridgehead atoms. The highest BCUT2D eigenvalue weighted by Crippen LogP contribution is 2.25. The molecule has 1 unspecified atom stereocenters. The van der Waals surface area contributed by atoms with Crippen molar-refractivity contribution in [3.63, 3.8) is 0 Å². The normalized spacial score (nSPS) is 13.6. The number of benzene rings is 1. The molecule has 0 spiro atoms. The minimum Gasteiger partial charge on any atom is -0.351 e. The third-order valence-electron chi connectivity index (χ3n) is 2.47. The van der Waals surface area contributed by atoms with E-state index in [-0.39, 0.29) is 22.9 Å². The number of nitro groups is 1. The topological polar surface area (TPSA) is 98.3 Å². The number of nitrogens with one attached hydrogen (secondary N) is 1. The van der Waals surface area contributed by atoms with E-state index in [9.17, 15) is 14.9 Å². The van der Waals surface area contributed by atoms with Crippen LogP contribution in [0.3, 0.4) is 0 Å². The van der Waals surface area contributed by atoms with Gasteiger partial charge in [0.05, 0.1) is 10.2 Å². The van der Waals surface area contributed by atoms with Crippen LogP contribution in [-0.2, 0) is 4.79 Å². The van der Waals surface area contributed by atoms with Gasteiger partial charge in [0.1, 0.15) is 0 Å². The summed E-state index contributed by atoms with van der Waals surface area (Å²) in [7, 11) is 0. The Morgan fingerprint density at radius 2 is 2.00 bits per heavy atom. The first-order valence-electron chi connectivity index (χ1n) is 5.85. The van der Waals surface area contributed by atoms with Crippen molar-refractivity contribution in [3.8, 4) is 0 Å². The van der Waals surface area contributed by atoms with Crippen LogP contribution in [0.4, 0.5) is 5.69 Å². The summed E-state index contributed by atoms with van der Waals surface area (Å²) in [5.74, 6) is -0.0960. The van der Waals surface area contributed by atoms with E-state index in [1.54, 1.807) is 19.1 Å². The molecular weight excluding hydrogens is 266 g/mol. The summed E-state index contributed by atoms with van der Waals surface area (Å²) in [5, 5.41) is 13.0. The fraction of sp³-hybridized carbons (Fsp3) is 0.417. The molecule has 0 saturated carbocycles. The van der Waals surface area contributed by atoms with E-state index in [2.05, 4.69) is 5.32 Å². The summed E-state index contributed by atoms with van der Waals surface area (Å²) in [6.45, 7) is 4.01. The molecule has 1 aromatic rings. The molecule has 2 atom stereocenters. The predicted octanol–water partition coefficient (Wildman–Crippen LogP) is 1.54. The first kappa shape index (κ1) is 15.5. The molecular formula is C12H17N3O3S. The van der Waals surface area contributed by atoms with Gasteiger partial charge in [0, 0.05) is 29.6 Å². The van der Waals surface area contributed by atoms with E-state index in [1.807, 2.05) is 6.92 Å². The summed E-state index contributed by atoms with van der Waals surface area (Å²) in [6.07, 6.45) is 0. The number of nitrogens with two attached hydrogens (primary N) is 1. The molecule has 0 saturated heterocycles. The lowest BCUT2D eigenvalue weighted by atomic mass is 10.3. The summed E-state index contributed by atoms with van der Waals surface area (Å²) >= 11 is 1.35. The maximum Gasteiger partial charge on any atom is 0.269 e. The van der Waals surface area contributed by atoms with Crippen LogP contribution in [0.1, 0.15) is 13.8 Å². The number of carbonyl (C=O) groups is 1. The number of hydrogen-bond donors (Lipinski definition) is 2. The zero-order chi connectivity index (χ0) is 14.4. The lowest BCUT2D eigenvalue weighted by Gasteiger charge is -2.15. The highest BCUT2D eigenvalue weighted by Gasteiger charge is 2.16. The SMILES string of the molecule is CC(Sc1ccc([N+](=O)[O-])cc1)C(=O)N[C@@H](C)CN. The van der Waals surface area contributed by atoms with E-state index in [0.717, 1.165) is 4.90 Å². The van der Waals surface area contributed by atoms with Crippen LogP contribution < -0.4 is 11.1 Å². The Kier molecular flexibility index (Phi) is 5.78. The van der Waals surface area contributed by atoms with Crippen molar-refractivity contribution < 1.29 is 9.72 Å². The van der Waals surface area contributed by atoms with Crippen LogP contribution in [0, 0.1) is 10.1 Å². The van der Waals surface area contributed by atoms with E-state index in [0.29, 0.717) is 6.54 Å². The summed E-state index contributed by atoms with van der Waals surface area (Å²) < 4.78 is 0. The Morgan fingerprint density at radius 1 is 1.42 bits per heavy atom. The van der Waals surface area contributed by atoms with Crippen molar-refractivity contribution in [3.05, 3.63) is 34.4 Å². The average Bonchev–Trinajstić information content (AvgIpc) is 2.38. The van der Waals surface area contributed by atoms with Crippen molar-refractivity contribution in [1.29, 1.82) is 0 Å². The number of non-ortho nitro benzene ring substituents is 1. The molecule has 1 rings (SSSR count). The highest BCUT2D eigenvalue weighted by atomic mass is 32.2. The number of amides is 1. The number of nitro benzene ring substituents is 1. The maximum absolute atomic E-state index is 11.8. The quantitative estimate of drug-likeness (QED) is 0.469. The van der Waals surface area contributed by atoms with Crippen molar-refractivity contribution in [2.24, 2.45) is 5.73 Å². The van der Waals surface area contributed by atoms with Gasteiger partial charge in [-0.2, -0.15) is 0 Å². The van der Waals surface area contributed by atoms with Crippen molar-refractivity contribution in [1.82, 2.24) is 5.32 Å². The number of nitrogens with zero attached hydrogens (tertiary/aromatic N) is 1. The smallest absolute Gasteiger partial charge is 0.269 e. The van der Waals surface area contributed by atoms with Crippen LogP contribution in [0.5, 0.6) is 0 Å². The van der Waals surface area contributed by atoms with E-state index >= 15 is 0 Å². The Bertz CT molecular complexity index is 450. The van der Waals surface area contributed by atoms with Gasteiger partial charge in [0.25, 0.3) is 5.69 Å². The Hall–Kier alpha value is -1.60. The number of rotatable bonds is 6. The second-order valence-electron chi connectivity index (χ2n) is 4.16. The molecule has 0 radical (unpaired) electrons. The summed E-state index contributed by atoms with van der Waals surface area (Å²) in [5.41, 5.74) is 5.47. The van der Waals surface area contributed by atoms with Gasteiger partial charge in [-0.3, -0.25) is 14.9 Å². The maximum atomic E-state index is 11.8. The molecule has 104 valence electrons. The molecule has 3 N–H and O–H groups in total. The monoisotopic (exact) mass is 283 g/mol. The van der Waals surface area contributed by atoms with Gasteiger partial charge in [-0.1, -0.05) is 0 Å². The molecule has 0 aliphatic carbocycles. The number of carbonyl (C=O) groups excluding carboxylic acids is 1. The molecule has 0 heterocycles. The first-order chi connectivity index (χ1) is 8.93. The van der Waals surface area contributed by atoms with Gasteiger partial charge in [-0.25, -0.2) is 0 Å². The minimum atomic E-state index is -0.451. The second kappa shape index (κ2) is 7.10. The highest BCUT2D eigenvalue weighted by molar-refractivity contribution is 8.00. The Labute approximate surface area is 115 Å². The van der Waals surface area contributed by atoms with Crippen molar-refractivity contribution in [2.75, 3.05) is 6.54 Å². The Morgan fingerprint density at radius 3 is 2.47 bits per heavy atom. The standard InChI is InChI=1S/C12H17N3O3S/c1-8(7-13)14-12(16)9(2)19-11-5-3-10(4-6-11)15(17)18/h3-6,8-9H,7,13H2,1-2H3,(H,14,16)/t8-,9?/m0/s1. The van der Waals surface area contributed by atoms with Crippen molar-refractivity contribution in [2.45, 2.75) is 30.0 Å². The third kappa shape index (κ3) is 4.88. The van der Waals surface area contributed by atoms with Gasteiger partial charge in [-0.05, 0) is 26.0 Å². The predicted molar refractivity (Wildman–Crippen MR) is 75.1 cm³/mol. The summed E-state index contributed by atoms with van der Waals surface area (Å²) in [4.78, 5) is 22.7. The van der Waals surface area contributed by atoms with Gasteiger partial charge >= 0.3 is 0 Å². The number of hydrogen-bond acceptors (Lipinski definition) is 5. The molecule has 0 fully saturated rings. The lowest BCUT2D eigenvalue weighted by molar-refractivity contribution is -0.384. The van der Waals surface area contributed by atoms with Crippen LogP contribution in [-0.4, -0.2) is 28.7 Å². The zero-order valence-corrected chi connectivity index (χ0v) is 11.6. The fourth-order valence-electron chi connectivity index (χ4n) is 1.32. The molecule has 7 heteroatoms. The van der Waals surface area contributed by atoms with E-state index in [1.165, 1.54) is 23.9 Å². The lowest BCUT2D eigenvalue weighted by Crippen LogP contribution is -2.41. The van der Waals surface area contributed by atoms with Gasteiger partial charge in [-0.15, -0.1) is 11.8 Å². The molecule has 1 amide bonds. The Balaban J connectivity index is 2.58. The molecule has 0 aliphatic heterocycles. The third-order valence-corrected chi connectivity index (χ3v) is 3.58. The molecule has 0 aromatic heterocycles. The van der Waals surface area contributed by atoms with Gasteiger partial charge in [0.15, 0.2) is 0 Å². The molecule has 6 nitrogen and oxygen atoms in total. The molecule has 1 aromatic carbocycles. The molecule has 0 aliphatic rings. The van der Waals surface area contributed by atoms with Crippen LogP contribution in [0.15, 0.2) is 29.2 Å². The second-order valence-corrected chi connectivity index (χ2v) is 5.57. The average molecular weight is 283 g/mol. The van der Waals surface area contributed by atoms with Crippen LogP contribution in [0.25, 0.3) is 0 Å². The van der Waals surface area contributed by atoms with Crippen LogP contribution >= 0.6 is 11.8 Å². The zero-order valence-electron chi connectivity index (χ0n) is 10.8.